The molecule has 0 saturated heterocycles. The molecule has 0 saturated carbocycles. The number of hydrogen-bond donors (Lipinski definition) is 2. The van der Waals surface area contributed by atoms with Crippen LogP contribution in [0.1, 0.15) is 33.3 Å². The van der Waals surface area contributed by atoms with Crippen LogP contribution in [0, 0.1) is 20.8 Å². The predicted molar refractivity (Wildman–Crippen MR) is 92.9 cm³/mol. The van der Waals surface area contributed by atoms with Gasteiger partial charge in [-0.3, -0.25) is 14.2 Å². The van der Waals surface area contributed by atoms with E-state index in [2.05, 4.69) is 15.8 Å². The third-order valence-electron chi connectivity index (χ3n) is 3.97. The minimum atomic E-state index is -0.322. The first-order chi connectivity index (χ1) is 12.5. The normalized spacial score (nSPS) is 10.7. The minimum absolute atomic E-state index is 0.119. The van der Waals surface area contributed by atoms with Crippen LogP contribution in [0.25, 0.3) is 5.82 Å². The number of furan rings is 1. The van der Waals surface area contributed by atoms with Gasteiger partial charge in [-0.1, -0.05) is 5.16 Å². The molecule has 3 aromatic rings. The van der Waals surface area contributed by atoms with Gasteiger partial charge in [0, 0.05) is 17.5 Å². The van der Waals surface area contributed by atoms with E-state index in [-0.39, 0.29) is 24.9 Å². The van der Waals surface area contributed by atoms with Gasteiger partial charge in [-0.2, -0.15) is 0 Å². The summed E-state index contributed by atoms with van der Waals surface area (Å²) < 4.78 is 12.1. The first-order valence-corrected chi connectivity index (χ1v) is 8.15. The maximum Gasteiger partial charge on any atom is 0.253 e. The van der Waals surface area contributed by atoms with Crippen molar-refractivity contribution in [3.63, 3.8) is 0 Å². The Morgan fingerprint density at radius 3 is 2.65 bits per heavy atom. The monoisotopic (exact) mass is 356 g/mol. The summed E-state index contributed by atoms with van der Waals surface area (Å²) in [5, 5.41) is 9.29. The number of aromatic nitrogens is 2. The SMILES string of the molecule is Cc1cc(-n2c(C)cc(C(=O)NCC(=O)NCc3ccco3)c2C)no1. The molecule has 0 aliphatic heterocycles. The van der Waals surface area contributed by atoms with Crippen molar-refractivity contribution in [3.8, 4) is 5.82 Å². The number of hydrogen-bond acceptors (Lipinski definition) is 5. The predicted octanol–water partition coefficient (Wildman–Crippen LogP) is 2.03. The summed E-state index contributed by atoms with van der Waals surface area (Å²) in [6.07, 6.45) is 1.54. The quantitative estimate of drug-likeness (QED) is 0.703. The molecule has 3 rings (SSSR count). The van der Waals surface area contributed by atoms with E-state index in [1.54, 1.807) is 31.2 Å². The molecule has 0 radical (unpaired) electrons. The lowest BCUT2D eigenvalue weighted by Gasteiger charge is -2.07. The number of carbonyl (C=O) groups is 2. The second-order valence-corrected chi connectivity index (χ2v) is 5.95. The Labute approximate surface area is 150 Å². The van der Waals surface area contributed by atoms with Gasteiger partial charge in [0.1, 0.15) is 11.5 Å². The van der Waals surface area contributed by atoms with Crippen LogP contribution in [0.3, 0.4) is 0 Å². The Morgan fingerprint density at radius 1 is 1.19 bits per heavy atom. The largest absolute Gasteiger partial charge is 0.467 e. The van der Waals surface area contributed by atoms with Gasteiger partial charge in [-0.15, -0.1) is 0 Å². The molecule has 0 atom stereocenters. The number of carbonyl (C=O) groups excluding carboxylic acids is 2. The Kier molecular flexibility index (Phi) is 4.92. The fraction of sp³-hybridized carbons (Fsp3) is 0.278. The van der Waals surface area contributed by atoms with Crippen molar-refractivity contribution in [1.82, 2.24) is 20.4 Å². The number of rotatable bonds is 6. The molecule has 26 heavy (non-hydrogen) atoms. The highest BCUT2D eigenvalue weighted by molar-refractivity contribution is 5.97. The van der Waals surface area contributed by atoms with Crippen LogP contribution < -0.4 is 10.6 Å². The Hall–Kier alpha value is -3.29. The smallest absolute Gasteiger partial charge is 0.253 e. The first-order valence-electron chi connectivity index (χ1n) is 8.15. The van der Waals surface area contributed by atoms with Crippen LogP contribution in [0.2, 0.25) is 0 Å². The average Bonchev–Trinajstić information content (AvgIpc) is 3.32. The second-order valence-electron chi connectivity index (χ2n) is 5.95. The van der Waals surface area contributed by atoms with Crippen LogP contribution in [-0.4, -0.2) is 28.1 Å². The zero-order chi connectivity index (χ0) is 18.7. The fourth-order valence-electron chi connectivity index (χ4n) is 2.72. The van der Waals surface area contributed by atoms with Crippen molar-refractivity contribution >= 4 is 11.8 Å². The van der Waals surface area contributed by atoms with Crippen molar-refractivity contribution in [1.29, 1.82) is 0 Å². The van der Waals surface area contributed by atoms with E-state index in [9.17, 15) is 9.59 Å². The van der Waals surface area contributed by atoms with E-state index in [1.165, 1.54) is 6.26 Å². The van der Waals surface area contributed by atoms with Crippen molar-refractivity contribution in [2.45, 2.75) is 27.3 Å². The number of aryl methyl sites for hydroxylation is 2. The van der Waals surface area contributed by atoms with Crippen LogP contribution in [0.4, 0.5) is 0 Å². The van der Waals surface area contributed by atoms with Crippen molar-refractivity contribution in [2.24, 2.45) is 0 Å². The van der Waals surface area contributed by atoms with Gasteiger partial charge in [0.25, 0.3) is 5.91 Å². The molecule has 3 aromatic heterocycles. The highest BCUT2D eigenvalue weighted by Crippen LogP contribution is 2.20. The summed E-state index contributed by atoms with van der Waals surface area (Å²) in [6, 6.07) is 7.06. The van der Waals surface area contributed by atoms with E-state index in [0.29, 0.717) is 22.9 Å². The molecule has 0 fully saturated rings. The average molecular weight is 356 g/mol. The van der Waals surface area contributed by atoms with Gasteiger partial charge < -0.3 is 19.6 Å². The minimum Gasteiger partial charge on any atom is -0.467 e. The summed E-state index contributed by atoms with van der Waals surface area (Å²) in [7, 11) is 0. The molecule has 0 unspecified atom stereocenters. The van der Waals surface area contributed by atoms with E-state index in [4.69, 9.17) is 8.94 Å². The van der Waals surface area contributed by atoms with Crippen LogP contribution in [-0.2, 0) is 11.3 Å². The van der Waals surface area contributed by atoms with E-state index in [1.807, 2.05) is 18.4 Å². The van der Waals surface area contributed by atoms with Gasteiger partial charge in [-0.25, -0.2) is 0 Å². The molecular weight excluding hydrogens is 336 g/mol. The highest BCUT2D eigenvalue weighted by Gasteiger charge is 2.18. The molecule has 8 heteroatoms. The number of nitrogens with one attached hydrogen (secondary N) is 2. The van der Waals surface area contributed by atoms with Crippen molar-refractivity contribution in [3.05, 3.63) is 59.0 Å². The number of amides is 2. The summed E-state index contributed by atoms with van der Waals surface area (Å²) in [4.78, 5) is 24.3. The second kappa shape index (κ2) is 7.30. The van der Waals surface area contributed by atoms with Crippen molar-refractivity contribution in [2.75, 3.05) is 6.54 Å². The summed E-state index contributed by atoms with van der Waals surface area (Å²) >= 11 is 0. The lowest BCUT2D eigenvalue weighted by atomic mass is 10.2. The molecule has 0 spiro atoms. The Balaban J connectivity index is 1.62. The molecule has 2 amide bonds. The van der Waals surface area contributed by atoms with E-state index >= 15 is 0 Å². The zero-order valence-electron chi connectivity index (χ0n) is 14.8. The fourth-order valence-corrected chi connectivity index (χ4v) is 2.72. The molecule has 3 heterocycles. The van der Waals surface area contributed by atoms with Gasteiger partial charge in [-0.05, 0) is 39.0 Å². The van der Waals surface area contributed by atoms with Crippen LogP contribution >= 0.6 is 0 Å². The van der Waals surface area contributed by atoms with Crippen LogP contribution in [0.5, 0.6) is 0 Å². The summed E-state index contributed by atoms with van der Waals surface area (Å²) in [5.74, 6) is 1.34. The topological polar surface area (TPSA) is 102 Å². The maximum absolute atomic E-state index is 12.4. The third kappa shape index (κ3) is 3.69. The molecule has 136 valence electrons. The molecule has 2 N–H and O–H groups in total. The number of nitrogens with zero attached hydrogens (tertiary/aromatic N) is 2. The standard InChI is InChI=1S/C18H20N4O4/c1-11-7-15(13(3)22(11)16-8-12(2)26-21-16)18(24)20-10-17(23)19-9-14-5-4-6-25-14/h4-8H,9-10H2,1-3H3,(H,19,23)(H,20,24). The third-order valence-corrected chi connectivity index (χ3v) is 3.97. The lowest BCUT2D eigenvalue weighted by Crippen LogP contribution is -2.36. The lowest BCUT2D eigenvalue weighted by molar-refractivity contribution is -0.120. The summed E-state index contributed by atoms with van der Waals surface area (Å²) in [6.45, 7) is 5.67. The van der Waals surface area contributed by atoms with Crippen LogP contribution in [0.15, 0.2) is 39.5 Å². The molecule has 0 aliphatic rings. The Bertz CT molecular complexity index is 921. The molecule has 0 bridgehead atoms. The Morgan fingerprint density at radius 2 is 2.00 bits per heavy atom. The first kappa shape index (κ1) is 17.5. The maximum atomic E-state index is 12.4. The van der Waals surface area contributed by atoms with Gasteiger partial charge in [0.2, 0.25) is 5.91 Å². The van der Waals surface area contributed by atoms with E-state index < -0.39 is 0 Å². The van der Waals surface area contributed by atoms with Gasteiger partial charge in [0.05, 0.1) is 24.9 Å². The highest BCUT2D eigenvalue weighted by atomic mass is 16.5. The zero-order valence-corrected chi connectivity index (χ0v) is 14.8. The van der Waals surface area contributed by atoms with Gasteiger partial charge >= 0.3 is 0 Å². The molecule has 0 aliphatic carbocycles. The molecular formula is C18H20N4O4. The molecule has 8 nitrogen and oxygen atoms in total. The van der Waals surface area contributed by atoms with E-state index in [0.717, 1.165) is 11.4 Å². The summed E-state index contributed by atoms with van der Waals surface area (Å²) in [5.41, 5.74) is 2.06. The molecule has 0 aromatic carbocycles. The van der Waals surface area contributed by atoms with Gasteiger partial charge in [0.15, 0.2) is 5.82 Å². The van der Waals surface area contributed by atoms with Crippen molar-refractivity contribution < 1.29 is 18.5 Å².